The number of hydrogen-bond donors (Lipinski definition) is 2. The molecule has 1 saturated carbocycles. The summed E-state index contributed by atoms with van der Waals surface area (Å²) in [6.07, 6.45) is 4.89. The van der Waals surface area contributed by atoms with E-state index >= 15 is 0 Å². The molecule has 0 aromatic rings. The van der Waals surface area contributed by atoms with Gasteiger partial charge in [-0.05, 0) is 12.8 Å². The van der Waals surface area contributed by atoms with E-state index in [1.807, 2.05) is 9.80 Å². The summed E-state index contributed by atoms with van der Waals surface area (Å²) < 4.78 is 0. The summed E-state index contributed by atoms with van der Waals surface area (Å²) in [4.78, 5) is 26.3. The van der Waals surface area contributed by atoms with Gasteiger partial charge in [0.1, 0.15) is 0 Å². The van der Waals surface area contributed by atoms with Crippen LogP contribution in [0.25, 0.3) is 0 Å². The van der Waals surface area contributed by atoms with Gasteiger partial charge in [-0.25, -0.2) is 0 Å². The van der Waals surface area contributed by atoms with Gasteiger partial charge in [-0.2, -0.15) is 0 Å². The molecule has 2 aliphatic rings. The molecule has 0 atom stereocenters. The van der Waals surface area contributed by atoms with Gasteiger partial charge in [-0.3, -0.25) is 14.5 Å². The Hall–Kier alpha value is -1.14. The molecule has 1 saturated heterocycles. The van der Waals surface area contributed by atoms with Crippen LogP contribution in [0.1, 0.15) is 25.7 Å². The Morgan fingerprint density at radius 3 is 2.32 bits per heavy atom. The summed E-state index contributed by atoms with van der Waals surface area (Å²) in [6, 6.07) is 0.511. The van der Waals surface area contributed by atoms with Crippen molar-refractivity contribution in [3.8, 4) is 0 Å². The first-order chi connectivity index (χ1) is 9.15. The highest BCUT2D eigenvalue weighted by Crippen LogP contribution is 2.17. The molecule has 108 valence electrons. The number of carbonyl (C=O) groups is 2. The Morgan fingerprint density at radius 2 is 1.74 bits per heavy atom. The fraction of sp³-hybridized carbons (Fsp3) is 0.846. The second-order valence-electron chi connectivity index (χ2n) is 5.41. The quantitative estimate of drug-likeness (QED) is 0.720. The number of carboxylic acids is 1. The highest BCUT2D eigenvalue weighted by atomic mass is 16.4. The smallest absolute Gasteiger partial charge is 0.317 e. The Kier molecular flexibility index (Phi) is 5.15. The van der Waals surface area contributed by atoms with E-state index in [9.17, 15) is 9.59 Å². The summed E-state index contributed by atoms with van der Waals surface area (Å²) in [6.45, 7) is 3.08. The standard InChI is InChI=1S/C13H23N3O3/c17-12(9-14-11-3-1-2-4-11)16-7-5-15(6-8-16)10-13(18)19/h11,14H,1-10H2,(H,18,19). The van der Waals surface area contributed by atoms with Crippen LogP contribution in [-0.4, -0.2) is 72.1 Å². The van der Waals surface area contributed by atoms with Crippen molar-refractivity contribution in [1.29, 1.82) is 0 Å². The van der Waals surface area contributed by atoms with Crippen LogP contribution in [0.15, 0.2) is 0 Å². The number of nitrogens with one attached hydrogen (secondary N) is 1. The summed E-state index contributed by atoms with van der Waals surface area (Å²) in [5.74, 6) is -0.662. The van der Waals surface area contributed by atoms with E-state index in [4.69, 9.17) is 5.11 Å². The van der Waals surface area contributed by atoms with Crippen LogP contribution in [0.3, 0.4) is 0 Å². The maximum atomic E-state index is 12.0. The van der Waals surface area contributed by atoms with Gasteiger partial charge in [0.25, 0.3) is 0 Å². The third-order valence-corrected chi connectivity index (χ3v) is 3.98. The van der Waals surface area contributed by atoms with Crippen LogP contribution >= 0.6 is 0 Å². The lowest BCUT2D eigenvalue weighted by molar-refractivity contribution is -0.139. The van der Waals surface area contributed by atoms with Crippen molar-refractivity contribution in [2.45, 2.75) is 31.7 Å². The van der Waals surface area contributed by atoms with Gasteiger partial charge in [0.05, 0.1) is 13.1 Å². The monoisotopic (exact) mass is 269 g/mol. The summed E-state index contributed by atoms with van der Waals surface area (Å²) >= 11 is 0. The second-order valence-corrected chi connectivity index (χ2v) is 5.41. The Balaban J connectivity index is 1.65. The summed E-state index contributed by atoms with van der Waals surface area (Å²) in [5, 5.41) is 12.0. The molecule has 2 N–H and O–H groups in total. The molecule has 0 radical (unpaired) electrons. The third kappa shape index (κ3) is 4.47. The maximum absolute atomic E-state index is 12.0. The van der Waals surface area contributed by atoms with Gasteiger partial charge in [-0.15, -0.1) is 0 Å². The van der Waals surface area contributed by atoms with Crippen LogP contribution in [0, 0.1) is 0 Å². The number of aliphatic carboxylic acids is 1. The molecule has 2 fully saturated rings. The molecule has 1 aliphatic carbocycles. The van der Waals surface area contributed by atoms with Crippen molar-refractivity contribution in [3.63, 3.8) is 0 Å². The molecule has 19 heavy (non-hydrogen) atoms. The average molecular weight is 269 g/mol. The van der Waals surface area contributed by atoms with E-state index < -0.39 is 5.97 Å². The lowest BCUT2D eigenvalue weighted by Gasteiger charge is -2.34. The normalized spacial score (nSPS) is 21.8. The lowest BCUT2D eigenvalue weighted by atomic mass is 10.2. The van der Waals surface area contributed by atoms with Crippen LogP contribution < -0.4 is 5.32 Å². The van der Waals surface area contributed by atoms with Crippen molar-refractivity contribution in [3.05, 3.63) is 0 Å². The fourth-order valence-electron chi connectivity index (χ4n) is 2.82. The topological polar surface area (TPSA) is 72.9 Å². The van der Waals surface area contributed by atoms with Crippen LogP contribution in [0.5, 0.6) is 0 Å². The number of carbonyl (C=O) groups excluding carboxylic acids is 1. The zero-order valence-corrected chi connectivity index (χ0v) is 11.3. The average Bonchev–Trinajstić information content (AvgIpc) is 2.89. The Labute approximate surface area is 113 Å². The van der Waals surface area contributed by atoms with Crippen LogP contribution in [-0.2, 0) is 9.59 Å². The first kappa shape index (κ1) is 14.3. The zero-order valence-electron chi connectivity index (χ0n) is 11.3. The number of rotatable bonds is 5. The predicted octanol–water partition coefficient (Wildman–Crippen LogP) is -0.253. The van der Waals surface area contributed by atoms with Crippen molar-refractivity contribution in [1.82, 2.24) is 15.1 Å². The molecule has 2 rings (SSSR count). The SMILES string of the molecule is O=C(O)CN1CCN(C(=O)CNC2CCCC2)CC1. The fourth-order valence-corrected chi connectivity index (χ4v) is 2.82. The molecule has 0 spiro atoms. The zero-order chi connectivity index (χ0) is 13.7. The molecule has 6 heteroatoms. The predicted molar refractivity (Wildman–Crippen MR) is 70.9 cm³/mol. The van der Waals surface area contributed by atoms with Gasteiger partial charge < -0.3 is 15.3 Å². The van der Waals surface area contributed by atoms with Crippen LogP contribution in [0.2, 0.25) is 0 Å². The van der Waals surface area contributed by atoms with Crippen molar-refractivity contribution in [2.75, 3.05) is 39.3 Å². The minimum Gasteiger partial charge on any atom is -0.480 e. The number of hydrogen-bond acceptors (Lipinski definition) is 4. The molecule has 0 aromatic carbocycles. The van der Waals surface area contributed by atoms with E-state index in [2.05, 4.69) is 5.32 Å². The van der Waals surface area contributed by atoms with Crippen molar-refractivity contribution < 1.29 is 14.7 Å². The molecule has 1 aliphatic heterocycles. The van der Waals surface area contributed by atoms with E-state index in [0.29, 0.717) is 38.8 Å². The molecular weight excluding hydrogens is 246 g/mol. The van der Waals surface area contributed by atoms with Crippen molar-refractivity contribution >= 4 is 11.9 Å². The highest BCUT2D eigenvalue weighted by molar-refractivity contribution is 5.78. The third-order valence-electron chi connectivity index (χ3n) is 3.98. The first-order valence-corrected chi connectivity index (χ1v) is 7.10. The summed E-state index contributed by atoms with van der Waals surface area (Å²) in [7, 11) is 0. The highest BCUT2D eigenvalue weighted by Gasteiger charge is 2.23. The lowest BCUT2D eigenvalue weighted by Crippen LogP contribution is -2.52. The number of carboxylic acid groups (broad SMARTS) is 1. The van der Waals surface area contributed by atoms with Crippen molar-refractivity contribution in [2.24, 2.45) is 0 Å². The summed E-state index contributed by atoms with van der Waals surface area (Å²) in [5.41, 5.74) is 0. The van der Waals surface area contributed by atoms with Gasteiger partial charge in [-0.1, -0.05) is 12.8 Å². The Morgan fingerprint density at radius 1 is 1.11 bits per heavy atom. The maximum Gasteiger partial charge on any atom is 0.317 e. The number of nitrogens with zero attached hydrogens (tertiary/aromatic N) is 2. The minimum atomic E-state index is -0.803. The molecule has 6 nitrogen and oxygen atoms in total. The largest absolute Gasteiger partial charge is 0.480 e. The van der Waals surface area contributed by atoms with Crippen LogP contribution in [0.4, 0.5) is 0 Å². The first-order valence-electron chi connectivity index (χ1n) is 7.10. The molecule has 0 bridgehead atoms. The minimum absolute atomic E-state index is 0.0718. The molecule has 0 unspecified atom stereocenters. The van der Waals surface area contributed by atoms with Gasteiger partial charge >= 0.3 is 5.97 Å². The van der Waals surface area contributed by atoms with Gasteiger partial charge in [0.15, 0.2) is 0 Å². The number of piperazine rings is 1. The molecular formula is C13H23N3O3. The van der Waals surface area contributed by atoms with E-state index in [-0.39, 0.29) is 12.5 Å². The second kappa shape index (κ2) is 6.86. The van der Waals surface area contributed by atoms with E-state index in [1.165, 1.54) is 25.7 Å². The van der Waals surface area contributed by atoms with Gasteiger partial charge in [0, 0.05) is 32.2 Å². The molecule has 1 amide bonds. The van der Waals surface area contributed by atoms with Gasteiger partial charge in [0.2, 0.25) is 5.91 Å². The van der Waals surface area contributed by atoms with E-state index in [1.54, 1.807) is 0 Å². The van der Waals surface area contributed by atoms with E-state index in [0.717, 1.165) is 0 Å². The molecule has 1 heterocycles. The molecule has 0 aromatic heterocycles. The number of amides is 1. The Bertz CT molecular complexity index is 321.